The van der Waals surface area contributed by atoms with Crippen LogP contribution in [0, 0.1) is 0 Å². The Kier molecular flexibility index (Phi) is 5.27. The molecule has 0 amide bonds. The summed E-state index contributed by atoms with van der Waals surface area (Å²) in [5.74, 6) is 0. The SMILES string of the molecule is CCCNCCCc1nnc(C2Cc3ccccc3S2)s1. The lowest BCUT2D eigenvalue weighted by Crippen LogP contribution is -2.16. The number of hydrogen-bond acceptors (Lipinski definition) is 5. The van der Waals surface area contributed by atoms with E-state index >= 15 is 0 Å². The van der Waals surface area contributed by atoms with Crippen molar-refractivity contribution < 1.29 is 0 Å². The predicted molar refractivity (Wildman–Crippen MR) is 90.1 cm³/mol. The molecule has 0 saturated carbocycles. The van der Waals surface area contributed by atoms with Crippen LogP contribution in [-0.2, 0) is 12.8 Å². The molecule has 0 saturated heterocycles. The highest BCUT2D eigenvalue weighted by Crippen LogP contribution is 2.46. The van der Waals surface area contributed by atoms with Crippen LogP contribution in [0.15, 0.2) is 29.2 Å². The summed E-state index contributed by atoms with van der Waals surface area (Å²) in [6.07, 6.45) is 4.47. The van der Waals surface area contributed by atoms with Crippen molar-refractivity contribution in [1.82, 2.24) is 15.5 Å². The summed E-state index contributed by atoms with van der Waals surface area (Å²) in [6.45, 7) is 4.38. The van der Waals surface area contributed by atoms with Crippen LogP contribution in [0.5, 0.6) is 0 Å². The first-order valence-corrected chi connectivity index (χ1v) is 9.34. The maximum Gasteiger partial charge on any atom is 0.131 e. The number of fused-ring (bicyclic) bond motifs is 1. The second-order valence-corrected chi connectivity index (χ2v) is 7.64. The Hall–Kier alpha value is -0.910. The molecule has 1 atom stereocenters. The summed E-state index contributed by atoms with van der Waals surface area (Å²) in [4.78, 5) is 1.41. The zero-order valence-corrected chi connectivity index (χ0v) is 14.0. The van der Waals surface area contributed by atoms with E-state index in [2.05, 4.69) is 46.7 Å². The average Bonchev–Trinajstić information content (AvgIpc) is 3.13. The van der Waals surface area contributed by atoms with Crippen molar-refractivity contribution in [3.05, 3.63) is 39.8 Å². The molecule has 0 bridgehead atoms. The lowest BCUT2D eigenvalue weighted by atomic mass is 10.1. The third kappa shape index (κ3) is 3.84. The van der Waals surface area contributed by atoms with Crippen molar-refractivity contribution in [2.75, 3.05) is 13.1 Å². The third-order valence-corrected chi connectivity index (χ3v) is 6.15. The minimum Gasteiger partial charge on any atom is -0.317 e. The van der Waals surface area contributed by atoms with E-state index in [0.717, 1.165) is 32.4 Å². The third-order valence-electron chi connectivity index (χ3n) is 3.58. The van der Waals surface area contributed by atoms with E-state index in [1.165, 1.54) is 26.9 Å². The van der Waals surface area contributed by atoms with E-state index in [9.17, 15) is 0 Å². The fourth-order valence-electron chi connectivity index (χ4n) is 2.48. The van der Waals surface area contributed by atoms with E-state index in [1.807, 2.05) is 11.8 Å². The molecule has 1 unspecified atom stereocenters. The lowest BCUT2D eigenvalue weighted by molar-refractivity contribution is 0.637. The van der Waals surface area contributed by atoms with Crippen LogP contribution < -0.4 is 5.32 Å². The summed E-state index contributed by atoms with van der Waals surface area (Å²) in [5.41, 5.74) is 1.45. The molecule has 1 N–H and O–H groups in total. The van der Waals surface area contributed by atoms with Crippen LogP contribution in [0.1, 0.15) is 40.6 Å². The Morgan fingerprint density at radius 1 is 1.24 bits per heavy atom. The minimum absolute atomic E-state index is 0.465. The maximum absolute atomic E-state index is 4.42. The van der Waals surface area contributed by atoms with Gasteiger partial charge in [-0.1, -0.05) is 25.1 Å². The van der Waals surface area contributed by atoms with Gasteiger partial charge in [-0.2, -0.15) is 0 Å². The average molecular weight is 319 g/mol. The summed E-state index contributed by atoms with van der Waals surface area (Å²) < 4.78 is 0. The number of aromatic nitrogens is 2. The van der Waals surface area contributed by atoms with Gasteiger partial charge in [0.1, 0.15) is 10.0 Å². The van der Waals surface area contributed by atoms with Crippen LogP contribution in [0.2, 0.25) is 0 Å². The zero-order valence-electron chi connectivity index (χ0n) is 12.3. The van der Waals surface area contributed by atoms with Gasteiger partial charge in [0.15, 0.2) is 0 Å². The number of nitrogens with zero attached hydrogens (tertiary/aromatic N) is 2. The number of rotatable bonds is 7. The van der Waals surface area contributed by atoms with Gasteiger partial charge in [0, 0.05) is 11.3 Å². The Balaban J connectivity index is 1.52. The molecule has 112 valence electrons. The largest absolute Gasteiger partial charge is 0.317 e. The molecule has 0 radical (unpaired) electrons. The Bertz CT molecular complexity index is 557. The highest BCUT2D eigenvalue weighted by Gasteiger charge is 2.26. The zero-order chi connectivity index (χ0) is 14.5. The van der Waals surface area contributed by atoms with Gasteiger partial charge in [0.05, 0.1) is 5.25 Å². The minimum atomic E-state index is 0.465. The summed E-state index contributed by atoms with van der Waals surface area (Å²) >= 11 is 3.73. The maximum atomic E-state index is 4.42. The smallest absolute Gasteiger partial charge is 0.131 e. The van der Waals surface area contributed by atoms with Crippen molar-refractivity contribution in [2.24, 2.45) is 0 Å². The van der Waals surface area contributed by atoms with Crippen molar-refractivity contribution in [3.8, 4) is 0 Å². The van der Waals surface area contributed by atoms with Gasteiger partial charge in [-0.05, 0) is 44.0 Å². The fraction of sp³-hybridized carbons (Fsp3) is 0.500. The van der Waals surface area contributed by atoms with Gasteiger partial charge in [-0.25, -0.2) is 0 Å². The highest BCUT2D eigenvalue weighted by atomic mass is 32.2. The normalized spacial score (nSPS) is 17.1. The molecular weight excluding hydrogens is 298 g/mol. The molecule has 3 rings (SSSR count). The lowest BCUT2D eigenvalue weighted by Gasteiger charge is -2.01. The molecule has 0 spiro atoms. The van der Waals surface area contributed by atoms with E-state index in [0.29, 0.717) is 5.25 Å². The van der Waals surface area contributed by atoms with E-state index in [4.69, 9.17) is 0 Å². The van der Waals surface area contributed by atoms with Gasteiger partial charge >= 0.3 is 0 Å². The molecule has 1 aliphatic rings. The van der Waals surface area contributed by atoms with Crippen LogP contribution in [0.25, 0.3) is 0 Å². The monoisotopic (exact) mass is 319 g/mol. The van der Waals surface area contributed by atoms with Crippen molar-refractivity contribution in [2.45, 2.75) is 42.8 Å². The molecule has 2 aromatic rings. The Labute approximate surface area is 134 Å². The van der Waals surface area contributed by atoms with E-state index in [1.54, 1.807) is 11.3 Å². The first kappa shape index (κ1) is 15.0. The van der Waals surface area contributed by atoms with Gasteiger partial charge in [0.25, 0.3) is 0 Å². The fourth-order valence-corrected chi connectivity index (χ4v) is 4.82. The number of thioether (sulfide) groups is 1. The number of aryl methyl sites for hydroxylation is 1. The van der Waals surface area contributed by atoms with Crippen molar-refractivity contribution in [3.63, 3.8) is 0 Å². The van der Waals surface area contributed by atoms with Crippen molar-refractivity contribution >= 4 is 23.1 Å². The topological polar surface area (TPSA) is 37.8 Å². The summed E-state index contributed by atoms with van der Waals surface area (Å²) in [7, 11) is 0. The molecule has 1 aromatic heterocycles. The Morgan fingerprint density at radius 3 is 3.00 bits per heavy atom. The molecule has 2 heterocycles. The first-order chi connectivity index (χ1) is 10.4. The number of benzene rings is 1. The van der Waals surface area contributed by atoms with Crippen LogP contribution in [0.3, 0.4) is 0 Å². The van der Waals surface area contributed by atoms with Gasteiger partial charge in [-0.15, -0.1) is 33.3 Å². The van der Waals surface area contributed by atoms with Gasteiger partial charge in [-0.3, -0.25) is 0 Å². The van der Waals surface area contributed by atoms with Gasteiger partial charge in [0.2, 0.25) is 0 Å². The highest BCUT2D eigenvalue weighted by molar-refractivity contribution is 8.00. The van der Waals surface area contributed by atoms with Crippen LogP contribution >= 0.6 is 23.1 Å². The molecular formula is C16H21N3S2. The quantitative estimate of drug-likeness (QED) is 0.786. The van der Waals surface area contributed by atoms with Crippen molar-refractivity contribution in [1.29, 1.82) is 0 Å². The summed E-state index contributed by atoms with van der Waals surface area (Å²) in [5, 5.41) is 15.1. The van der Waals surface area contributed by atoms with E-state index in [-0.39, 0.29) is 0 Å². The molecule has 0 aliphatic carbocycles. The molecule has 3 nitrogen and oxygen atoms in total. The van der Waals surface area contributed by atoms with E-state index < -0.39 is 0 Å². The molecule has 5 heteroatoms. The number of hydrogen-bond donors (Lipinski definition) is 1. The second-order valence-electron chi connectivity index (χ2n) is 5.31. The second kappa shape index (κ2) is 7.38. The van der Waals surface area contributed by atoms with Crippen LogP contribution in [0.4, 0.5) is 0 Å². The standard InChI is InChI=1S/C16H21N3S2/c1-2-9-17-10-5-8-15-18-19-16(21-15)14-11-12-6-3-4-7-13(12)20-14/h3-4,6-7,14,17H,2,5,8-11H2,1H3. The number of nitrogens with one attached hydrogen (secondary N) is 1. The molecule has 0 fully saturated rings. The molecule has 1 aliphatic heterocycles. The first-order valence-electron chi connectivity index (χ1n) is 7.64. The summed E-state index contributed by atoms with van der Waals surface area (Å²) in [6, 6.07) is 8.67. The molecule has 1 aromatic carbocycles. The predicted octanol–water partition coefficient (Wildman–Crippen LogP) is 3.86. The Morgan fingerprint density at radius 2 is 2.14 bits per heavy atom. The van der Waals surface area contributed by atoms with Crippen LogP contribution in [-0.4, -0.2) is 23.3 Å². The molecule has 21 heavy (non-hydrogen) atoms. The van der Waals surface area contributed by atoms with Gasteiger partial charge < -0.3 is 5.32 Å².